The Balaban J connectivity index is 1.73. The van der Waals surface area contributed by atoms with E-state index in [-0.39, 0.29) is 5.91 Å². The number of hydrazine groups is 1. The largest absolute Gasteiger partial charge is 0.306 e. The van der Waals surface area contributed by atoms with E-state index in [9.17, 15) is 4.79 Å². The number of carbonyl (C=O) groups is 1. The SMILES string of the molecule is CN1CCCC(NNC(=O)Cc2ccc(Cl)cc2)CC1. The molecule has 1 aromatic carbocycles. The first-order valence-corrected chi connectivity index (χ1v) is 7.48. The monoisotopic (exact) mass is 295 g/mol. The molecule has 0 bridgehead atoms. The topological polar surface area (TPSA) is 44.4 Å². The van der Waals surface area contributed by atoms with Crippen molar-refractivity contribution in [3.05, 3.63) is 34.9 Å². The molecule has 20 heavy (non-hydrogen) atoms. The summed E-state index contributed by atoms with van der Waals surface area (Å²) in [5.74, 6) is -0.00933. The maximum Gasteiger partial charge on any atom is 0.238 e. The van der Waals surface area contributed by atoms with Crippen LogP contribution in [0.2, 0.25) is 5.02 Å². The Morgan fingerprint density at radius 3 is 2.80 bits per heavy atom. The highest BCUT2D eigenvalue weighted by Crippen LogP contribution is 2.10. The summed E-state index contributed by atoms with van der Waals surface area (Å²) in [6.45, 7) is 2.21. The first-order chi connectivity index (χ1) is 9.63. The van der Waals surface area contributed by atoms with Gasteiger partial charge in [0.15, 0.2) is 0 Å². The lowest BCUT2D eigenvalue weighted by atomic mass is 10.1. The average molecular weight is 296 g/mol. The molecular weight excluding hydrogens is 274 g/mol. The van der Waals surface area contributed by atoms with Gasteiger partial charge < -0.3 is 4.90 Å². The number of rotatable bonds is 4. The van der Waals surface area contributed by atoms with Gasteiger partial charge in [0.2, 0.25) is 5.91 Å². The van der Waals surface area contributed by atoms with Gasteiger partial charge >= 0.3 is 0 Å². The van der Waals surface area contributed by atoms with Gasteiger partial charge in [-0.2, -0.15) is 0 Å². The Bertz CT molecular complexity index is 435. The van der Waals surface area contributed by atoms with Crippen LogP contribution in [0.4, 0.5) is 0 Å². The molecule has 0 aromatic heterocycles. The van der Waals surface area contributed by atoms with Crippen molar-refractivity contribution < 1.29 is 4.79 Å². The third-order valence-electron chi connectivity index (χ3n) is 3.65. The Hall–Kier alpha value is -1.10. The molecule has 0 spiro atoms. The second-order valence-electron chi connectivity index (χ2n) is 5.43. The fourth-order valence-electron chi connectivity index (χ4n) is 2.40. The fraction of sp³-hybridized carbons (Fsp3) is 0.533. The number of likely N-dealkylation sites (tertiary alicyclic amines) is 1. The average Bonchev–Trinajstić information content (AvgIpc) is 2.64. The molecule has 5 heteroatoms. The van der Waals surface area contributed by atoms with Crippen LogP contribution in [0.15, 0.2) is 24.3 Å². The van der Waals surface area contributed by atoms with E-state index >= 15 is 0 Å². The number of nitrogens with one attached hydrogen (secondary N) is 2. The van der Waals surface area contributed by atoms with E-state index in [1.807, 2.05) is 12.1 Å². The van der Waals surface area contributed by atoms with Crippen molar-refractivity contribution in [1.29, 1.82) is 0 Å². The van der Waals surface area contributed by atoms with Crippen LogP contribution in [0.5, 0.6) is 0 Å². The van der Waals surface area contributed by atoms with Crippen molar-refractivity contribution in [2.24, 2.45) is 0 Å². The minimum absolute atomic E-state index is 0.00933. The smallest absolute Gasteiger partial charge is 0.238 e. The highest BCUT2D eigenvalue weighted by Gasteiger charge is 2.15. The summed E-state index contributed by atoms with van der Waals surface area (Å²) in [5.41, 5.74) is 6.95. The Morgan fingerprint density at radius 2 is 2.05 bits per heavy atom. The van der Waals surface area contributed by atoms with Gasteiger partial charge in [0.05, 0.1) is 6.42 Å². The molecule has 0 aliphatic carbocycles. The Kier molecular flexibility index (Phi) is 5.83. The van der Waals surface area contributed by atoms with Gasteiger partial charge in [0.1, 0.15) is 0 Å². The van der Waals surface area contributed by atoms with Crippen molar-refractivity contribution in [2.75, 3.05) is 20.1 Å². The lowest BCUT2D eigenvalue weighted by Gasteiger charge is -2.17. The maximum absolute atomic E-state index is 11.9. The molecule has 1 unspecified atom stereocenters. The van der Waals surface area contributed by atoms with Crippen LogP contribution in [-0.4, -0.2) is 37.0 Å². The standard InChI is InChI=1S/C15H22ClN3O/c1-19-9-2-3-14(8-10-19)17-18-15(20)11-12-4-6-13(16)7-5-12/h4-7,14,17H,2-3,8-11H2,1H3,(H,18,20). The van der Waals surface area contributed by atoms with E-state index in [2.05, 4.69) is 22.8 Å². The van der Waals surface area contributed by atoms with Crippen LogP contribution >= 0.6 is 11.6 Å². The second-order valence-corrected chi connectivity index (χ2v) is 5.86. The summed E-state index contributed by atoms with van der Waals surface area (Å²) < 4.78 is 0. The maximum atomic E-state index is 11.9. The van der Waals surface area contributed by atoms with Gasteiger partial charge in [-0.3, -0.25) is 10.2 Å². The number of hydrogen-bond donors (Lipinski definition) is 2. The quantitative estimate of drug-likeness (QED) is 0.835. The molecule has 1 atom stereocenters. The van der Waals surface area contributed by atoms with Crippen molar-refractivity contribution in [3.8, 4) is 0 Å². The number of carbonyl (C=O) groups excluding carboxylic acids is 1. The lowest BCUT2D eigenvalue weighted by Crippen LogP contribution is -2.45. The van der Waals surface area contributed by atoms with Crippen LogP contribution < -0.4 is 10.9 Å². The van der Waals surface area contributed by atoms with E-state index in [0.717, 1.165) is 31.5 Å². The molecule has 1 heterocycles. The fourth-order valence-corrected chi connectivity index (χ4v) is 2.52. The van der Waals surface area contributed by atoms with E-state index in [1.165, 1.54) is 6.42 Å². The summed E-state index contributed by atoms with van der Waals surface area (Å²) in [6.07, 6.45) is 3.71. The molecule has 1 aliphatic rings. The summed E-state index contributed by atoms with van der Waals surface area (Å²) in [7, 11) is 2.14. The van der Waals surface area contributed by atoms with Gasteiger partial charge in [0.25, 0.3) is 0 Å². The molecule has 1 saturated heterocycles. The zero-order valence-corrected chi connectivity index (χ0v) is 12.6. The molecule has 1 aromatic rings. The number of amides is 1. The van der Waals surface area contributed by atoms with E-state index in [0.29, 0.717) is 17.5 Å². The van der Waals surface area contributed by atoms with Gasteiger partial charge in [0, 0.05) is 11.1 Å². The first kappa shape index (κ1) is 15.3. The van der Waals surface area contributed by atoms with Gasteiger partial charge in [-0.25, -0.2) is 5.43 Å². The van der Waals surface area contributed by atoms with E-state index < -0.39 is 0 Å². The van der Waals surface area contributed by atoms with Crippen molar-refractivity contribution in [3.63, 3.8) is 0 Å². The van der Waals surface area contributed by atoms with E-state index in [4.69, 9.17) is 11.6 Å². The number of hydrogen-bond acceptors (Lipinski definition) is 3. The normalized spacial score (nSPS) is 20.4. The summed E-state index contributed by atoms with van der Waals surface area (Å²) >= 11 is 5.82. The predicted octanol–water partition coefficient (Wildman–Crippen LogP) is 1.99. The number of benzene rings is 1. The predicted molar refractivity (Wildman–Crippen MR) is 81.6 cm³/mol. The molecule has 1 fully saturated rings. The minimum atomic E-state index is -0.00933. The van der Waals surface area contributed by atoms with Gasteiger partial charge in [-0.05, 0) is 57.1 Å². The number of nitrogens with zero attached hydrogens (tertiary/aromatic N) is 1. The molecule has 1 aliphatic heterocycles. The van der Waals surface area contributed by atoms with Crippen molar-refractivity contribution >= 4 is 17.5 Å². The Labute approximate surface area is 125 Å². The summed E-state index contributed by atoms with van der Waals surface area (Å²) in [5, 5.41) is 0.690. The summed E-state index contributed by atoms with van der Waals surface area (Å²) in [4.78, 5) is 14.2. The first-order valence-electron chi connectivity index (χ1n) is 7.11. The zero-order valence-electron chi connectivity index (χ0n) is 11.9. The van der Waals surface area contributed by atoms with Gasteiger partial charge in [-0.15, -0.1) is 0 Å². The lowest BCUT2D eigenvalue weighted by molar-refractivity contribution is -0.121. The van der Waals surface area contributed by atoms with Crippen LogP contribution in [0.1, 0.15) is 24.8 Å². The molecule has 0 radical (unpaired) electrons. The zero-order chi connectivity index (χ0) is 14.4. The Morgan fingerprint density at radius 1 is 1.30 bits per heavy atom. The van der Waals surface area contributed by atoms with Crippen LogP contribution in [-0.2, 0) is 11.2 Å². The van der Waals surface area contributed by atoms with Gasteiger partial charge in [-0.1, -0.05) is 23.7 Å². The highest BCUT2D eigenvalue weighted by atomic mass is 35.5. The van der Waals surface area contributed by atoms with Crippen LogP contribution in [0, 0.1) is 0 Å². The second kappa shape index (κ2) is 7.62. The van der Waals surface area contributed by atoms with Crippen LogP contribution in [0.25, 0.3) is 0 Å². The molecular formula is C15H22ClN3O. The van der Waals surface area contributed by atoms with E-state index in [1.54, 1.807) is 12.1 Å². The molecule has 110 valence electrons. The van der Waals surface area contributed by atoms with Crippen LogP contribution in [0.3, 0.4) is 0 Å². The van der Waals surface area contributed by atoms with Crippen molar-refractivity contribution in [1.82, 2.24) is 15.8 Å². The third-order valence-corrected chi connectivity index (χ3v) is 3.90. The molecule has 2 N–H and O–H groups in total. The molecule has 0 saturated carbocycles. The summed E-state index contributed by atoms with van der Waals surface area (Å²) in [6, 6.07) is 7.73. The highest BCUT2D eigenvalue weighted by molar-refractivity contribution is 6.30. The minimum Gasteiger partial charge on any atom is -0.306 e. The molecule has 4 nitrogen and oxygen atoms in total. The third kappa shape index (κ3) is 5.12. The van der Waals surface area contributed by atoms with Crippen molar-refractivity contribution in [2.45, 2.75) is 31.7 Å². The molecule has 1 amide bonds. The number of halogens is 1. The molecule has 2 rings (SSSR count).